The fourth-order valence-corrected chi connectivity index (χ4v) is 4.94. The summed E-state index contributed by atoms with van der Waals surface area (Å²) in [6.45, 7) is 2.15. The van der Waals surface area contributed by atoms with Gasteiger partial charge in [-0.3, -0.25) is 9.36 Å². The Hall–Kier alpha value is -2.21. The van der Waals surface area contributed by atoms with Crippen molar-refractivity contribution in [2.75, 3.05) is 0 Å². The number of unbranched alkanes of at least 4 members (excludes halogenated alkanes) is 8. The van der Waals surface area contributed by atoms with Gasteiger partial charge < -0.3 is 0 Å². The topological polar surface area (TPSA) is 34.1 Å². The monoisotopic (exact) mass is 532 g/mol. The van der Waals surface area contributed by atoms with Crippen LogP contribution >= 0.6 is 8.46 Å². The molecule has 9 heteroatoms. The molecule has 0 N–H and O–H groups in total. The molecule has 0 bridgehead atoms. The summed E-state index contributed by atoms with van der Waals surface area (Å²) >= 11 is 0. The van der Waals surface area contributed by atoms with E-state index in [1.807, 2.05) is 0 Å². The largest absolute Gasteiger partial charge is 0.417 e. The van der Waals surface area contributed by atoms with Crippen LogP contribution in [0.5, 0.6) is 0 Å². The second-order valence-electron chi connectivity index (χ2n) is 8.88. The van der Waals surface area contributed by atoms with Gasteiger partial charge in [0.05, 0.1) is 16.8 Å². The van der Waals surface area contributed by atoms with Crippen molar-refractivity contribution in [3.8, 4) is 0 Å². The third kappa shape index (κ3) is 8.43. The maximum Gasteiger partial charge on any atom is 0.417 e. The highest BCUT2D eigenvalue weighted by Crippen LogP contribution is 2.42. The van der Waals surface area contributed by atoms with E-state index in [9.17, 15) is 35.7 Å². The number of halogens is 6. The smallest absolute Gasteiger partial charge is 0.289 e. The molecule has 0 aliphatic rings. The van der Waals surface area contributed by atoms with Gasteiger partial charge in [0.2, 0.25) is 0 Å². The molecule has 0 amide bonds. The van der Waals surface area contributed by atoms with Crippen LogP contribution in [0.15, 0.2) is 42.5 Å². The SMILES string of the molecule is CCCCCCCCCCCC(P=O)c1ccccc1C(=O)c1c(C(F)(F)F)cccc1C(F)(F)F. The minimum Gasteiger partial charge on any atom is -0.289 e. The van der Waals surface area contributed by atoms with Crippen molar-refractivity contribution in [3.05, 3.63) is 70.3 Å². The Bertz CT molecular complexity index is 968. The third-order valence-corrected chi connectivity index (χ3v) is 6.97. The molecule has 0 aromatic heterocycles. The molecule has 2 aromatic rings. The zero-order chi connectivity index (χ0) is 26.8. The Morgan fingerprint density at radius 3 is 1.75 bits per heavy atom. The summed E-state index contributed by atoms with van der Waals surface area (Å²) in [7, 11) is -0.344. The third-order valence-electron chi connectivity index (χ3n) is 6.18. The van der Waals surface area contributed by atoms with Crippen LogP contribution in [-0.4, -0.2) is 5.78 Å². The number of benzene rings is 2. The number of carbonyl (C=O) groups excluding carboxylic acids is 1. The van der Waals surface area contributed by atoms with Crippen LogP contribution in [0.4, 0.5) is 26.3 Å². The van der Waals surface area contributed by atoms with E-state index in [1.54, 1.807) is 0 Å². The van der Waals surface area contributed by atoms with E-state index in [0.29, 0.717) is 31.0 Å². The Morgan fingerprint density at radius 1 is 0.750 bits per heavy atom. The van der Waals surface area contributed by atoms with Gasteiger partial charge in [-0.25, -0.2) is 0 Å². The molecule has 0 aliphatic carbocycles. The van der Waals surface area contributed by atoms with Gasteiger partial charge >= 0.3 is 12.4 Å². The van der Waals surface area contributed by atoms with Crippen LogP contribution in [0.25, 0.3) is 0 Å². The van der Waals surface area contributed by atoms with E-state index in [2.05, 4.69) is 6.92 Å². The number of carbonyl (C=O) groups is 1. The van der Waals surface area contributed by atoms with Crippen LogP contribution in [0.3, 0.4) is 0 Å². The summed E-state index contributed by atoms with van der Waals surface area (Å²) < 4.78 is 93.6. The summed E-state index contributed by atoms with van der Waals surface area (Å²) in [6, 6.07) is 7.11. The Labute approximate surface area is 209 Å². The molecule has 1 atom stereocenters. The normalized spacial score (nSPS) is 13.2. The predicted molar refractivity (Wildman–Crippen MR) is 129 cm³/mol. The lowest BCUT2D eigenvalue weighted by Crippen LogP contribution is -2.21. The van der Waals surface area contributed by atoms with Crippen molar-refractivity contribution in [1.29, 1.82) is 0 Å². The Balaban J connectivity index is 2.25. The van der Waals surface area contributed by atoms with Gasteiger partial charge in [0.1, 0.15) is 0 Å². The Morgan fingerprint density at radius 2 is 1.25 bits per heavy atom. The highest BCUT2D eigenvalue weighted by molar-refractivity contribution is 7.24. The molecule has 0 fully saturated rings. The van der Waals surface area contributed by atoms with Crippen LogP contribution in [0.1, 0.15) is 109 Å². The molecule has 198 valence electrons. The predicted octanol–water partition coefficient (Wildman–Crippen LogP) is 10.2. The summed E-state index contributed by atoms with van der Waals surface area (Å²) in [5, 5.41) is 0. The fourth-order valence-electron chi connectivity index (χ4n) is 4.31. The van der Waals surface area contributed by atoms with Gasteiger partial charge in [0.25, 0.3) is 0 Å². The van der Waals surface area contributed by atoms with Crippen LogP contribution in [0, 0.1) is 0 Å². The minimum absolute atomic E-state index is 0.184. The van der Waals surface area contributed by atoms with E-state index >= 15 is 0 Å². The molecular weight excluding hydrogens is 501 g/mol. The molecule has 0 saturated carbocycles. The standard InChI is InChI=1S/C27H31F6O2P/c1-2-3-4-5-6-7-8-9-10-18-23(36-35)19-14-11-12-15-20(19)25(34)24-21(26(28,29)30)16-13-17-22(24)27(31,32)33/h11-17,23H,2-10,18H2,1H3. The molecule has 1 unspecified atom stereocenters. The first-order chi connectivity index (χ1) is 17.0. The molecule has 2 rings (SSSR count). The van der Waals surface area contributed by atoms with Crippen molar-refractivity contribution < 1.29 is 35.7 Å². The fraction of sp³-hybridized carbons (Fsp3) is 0.519. The van der Waals surface area contributed by atoms with E-state index in [-0.39, 0.29) is 19.6 Å². The first kappa shape index (κ1) is 30.0. The molecule has 0 saturated heterocycles. The Kier molecular flexibility index (Phi) is 11.6. The molecule has 2 aromatic carbocycles. The van der Waals surface area contributed by atoms with Crippen LogP contribution in [0.2, 0.25) is 0 Å². The summed E-state index contributed by atoms with van der Waals surface area (Å²) in [6.07, 6.45) is -0.359. The van der Waals surface area contributed by atoms with E-state index < -0.39 is 40.5 Å². The first-order valence-electron chi connectivity index (χ1n) is 12.3. The summed E-state index contributed by atoms with van der Waals surface area (Å²) in [5.41, 5.74) is -5.55. The molecular formula is C27H31F6O2P. The zero-order valence-electron chi connectivity index (χ0n) is 20.2. The van der Waals surface area contributed by atoms with E-state index in [4.69, 9.17) is 0 Å². The van der Waals surface area contributed by atoms with Crippen molar-refractivity contribution >= 4 is 14.2 Å². The van der Waals surface area contributed by atoms with Crippen LogP contribution in [-0.2, 0) is 16.9 Å². The zero-order valence-corrected chi connectivity index (χ0v) is 21.1. The van der Waals surface area contributed by atoms with Gasteiger partial charge in [-0.2, -0.15) is 26.3 Å². The summed E-state index contributed by atoms with van der Waals surface area (Å²) in [4.78, 5) is 13.2. The number of rotatable bonds is 14. The average molecular weight is 533 g/mol. The van der Waals surface area contributed by atoms with Gasteiger partial charge in [-0.1, -0.05) is 95.0 Å². The molecule has 0 aliphatic heterocycles. The second-order valence-corrected chi connectivity index (χ2v) is 9.71. The summed E-state index contributed by atoms with van der Waals surface area (Å²) in [5.74, 6) is -1.38. The lowest BCUT2D eigenvalue weighted by molar-refractivity contribution is -0.143. The number of alkyl halides is 6. The molecule has 0 radical (unpaired) electrons. The number of hydrogen-bond donors (Lipinski definition) is 0. The molecule has 2 nitrogen and oxygen atoms in total. The number of hydrogen-bond acceptors (Lipinski definition) is 2. The van der Waals surface area contributed by atoms with Crippen molar-refractivity contribution in [2.24, 2.45) is 0 Å². The van der Waals surface area contributed by atoms with Crippen molar-refractivity contribution in [2.45, 2.75) is 89.1 Å². The maximum atomic E-state index is 13.6. The average Bonchev–Trinajstić information content (AvgIpc) is 2.83. The lowest BCUT2D eigenvalue weighted by Gasteiger charge is -2.20. The minimum atomic E-state index is -5.16. The van der Waals surface area contributed by atoms with Gasteiger partial charge in [-0.05, 0) is 24.1 Å². The van der Waals surface area contributed by atoms with Crippen LogP contribution < -0.4 is 0 Å². The van der Waals surface area contributed by atoms with Gasteiger partial charge in [0, 0.05) is 11.1 Å². The second kappa shape index (κ2) is 13.9. The van der Waals surface area contributed by atoms with Crippen molar-refractivity contribution in [1.82, 2.24) is 0 Å². The molecule has 0 spiro atoms. The first-order valence-corrected chi connectivity index (χ1v) is 13.1. The van der Waals surface area contributed by atoms with Crippen molar-refractivity contribution in [3.63, 3.8) is 0 Å². The van der Waals surface area contributed by atoms with Gasteiger partial charge in [0.15, 0.2) is 14.2 Å². The molecule has 36 heavy (non-hydrogen) atoms. The molecule has 0 heterocycles. The number of ketones is 1. The highest BCUT2D eigenvalue weighted by Gasteiger charge is 2.43. The van der Waals surface area contributed by atoms with Gasteiger partial charge in [-0.15, -0.1) is 0 Å². The quantitative estimate of drug-likeness (QED) is 0.105. The lowest BCUT2D eigenvalue weighted by atomic mass is 9.89. The van der Waals surface area contributed by atoms with E-state index in [0.717, 1.165) is 25.7 Å². The maximum absolute atomic E-state index is 13.6. The highest BCUT2D eigenvalue weighted by atomic mass is 31.1. The van der Waals surface area contributed by atoms with E-state index in [1.165, 1.54) is 49.9 Å².